The van der Waals surface area contributed by atoms with E-state index in [2.05, 4.69) is 30.5 Å². The maximum atomic E-state index is 13.4. The van der Waals surface area contributed by atoms with Gasteiger partial charge < -0.3 is 14.5 Å². The maximum Gasteiger partial charge on any atom is 0.327 e. The number of aromatic nitrogens is 6. The van der Waals surface area contributed by atoms with E-state index < -0.39 is 0 Å². The van der Waals surface area contributed by atoms with Crippen LogP contribution in [0.15, 0.2) is 59.7 Å². The van der Waals surface area contributed by atoms with Crippen molar-refractivity contribution < 1.29 is 4.39 Å². The van der Waals surface area contributed by atoms with E-state index in [4.69, 9.17) is 16.6 Å². The van der Waals surface area contributed by atoms with Crippen LogP contribution < -0.4 is 5.69 Å². The van der Waals surface area contributed by atoms with Gasteiger partial charge in [0.15, 0.2) is 10.8 Å². The summed E-state index contributed by atoms with van der Waals surface area (Å²) in [5.41, 5.74) is 3.96. The number of imidazole rings is 2. The second-order valence-corrected chi connectivity index (χ2v) is 10.0. The predicted octanol–water partition coefficient (Wildman–Crippen LogP) is 4.26. The molecule has 2 aromatic carbocycles. The molecule has 1 saturated heterocycles. The van der Waals surface area contributed by atoms with E-state index in [1.165, 1.54) is 18.5 Å². The van der Waals surface area contributed by atoms with E-state index in [0.717, 1.165) is 61.3 Å². The van der Waals surface area contributed by atoms with Gasteiger partial charge in [0.2, 0.25) is 0 Å². The van der Waals surface area contributed by atoms with E-state index >= 15 is 0 Å². The first kappa shape index (κ1) is 23.8. The van der Waals surface area contributed by atoms with Crippen LogP contribution in [-0.4, -0.2) is 53.6 Å². The molecule has 1 fully saturated rings. The fourth-order valence-electron chi connectivity index (χ4n) is 5.29. The van der Waals surface area contributed by atoms with Crippen LogP contribution in [-0.2, 0) is 19.5 Å². The number of hydrogen-bond donors (Lipinski definition) is 1. The van der Waals surface area contributed by atoms with Crippen molar-refractivity contribution in [1.82, 2.24) is 34.0 Å². The number of H-pyrrole nitrogens is 1. The summed E-state index contributed by atoms with van der Waals surface area (Å²) in [5.74, 6) is 1.38. The number of fused-ring (bicyclic) bond motifs is 2. The minimum atomic E-state index is -0.224. The van der Waals surface area contributed by atoms with E-state index in [1.807, 2.05) is 30.3 Å². The summed E-state index contributed by atoms with van der Waals surface area (Å²) in [6, 6.07) is 14.9. The van der Waals surface area contributed by atoms with Crippen LogP contribution in [0, 0.1) is 11.7 Å². The second-order valence-electron chi connectivity index (χ2n) is 9.66. The Bertz CT molecular complexity index is 1600. The lowest BCUT2D eigenvalue weighted by molar-refractivity contribution is 0.177. The van der Waals surface area contributed by atoms with Crippen molar-refractivity contribution >= 4 is 33.8 Å². The van der Waals surface area contributed by atoms with E-state index in [1.54, 1.807) is 4.57 Å². The van der Waals surface area contributed by atoms with Crippen molar-refractivity contribution in [3.63, 3.8) is 0 Å². The number of aromatic amines is 1. The van der Waals surface area contributed by atoms with Crippen LogP contribution in [0.4, 0.5) is 4.39 Å². The fourth-order valence-corrected chi connectivity index (χ4v) is 5.47. The molecule has 0 radical (unpaired) electrons. The summed E-state index contributed by atoms with van der Waals surface area (Å²) in [6.45, 7) is 3.92. The molecule has 0 spiro atoms. The van der Waals surface area contributed by atoms with E-state index in [-0.39, 0.29) is 16.7 Å². The average molecular weight is 520 g/mol. The number of piperidine rings is 1. The van der Waals surface area contributed by atoms with Crippen molar-refractivity contribution in [3.8, 4) is 0 Å². The van der Waals surface area contributed by atoms with Crippen LogP contribution in [0.3, 0.4) is 0 Å². The number of halogens is 2. The van der Waals surface area contributed by atoms with Crippen LogP contribution in [0.5, 0.6) is 0 Å². The first-order valence-electron chi connectivity index (χ1n) is 12.5. The topological polar surface area (TPSA) is 84.6 Å². The van der Waals surface area contributed by atoms with Crippen LogP contribution in [0.25, 0.3) is 22.2 Å². The Morgan fingerprint density at radius 3 is 2.59 bits per heavy atom. The third kappa shape index (κ3) is 4.89. The normalized spacial score (nSPS) is 15.2. The second kappa shape index (κ2) is 10.1. The van der Waals surface area contributed by atoms with Gasteiger partial charge in [-0.1, -0.05) is 35.9 Å². The number of para-hydroxylation sites is 2. The van der Waals surface area contributed by atoms with Gasteiger partial charge in [0, 0.05) is 26.1 Å². The Hall–Kier alpha value is -3.56. The maximum absolute atomic E-state index is 13.4. The fraction of sp³-hybridized carbons (Fsp3) is 0.333. The van der Waals surface area contributed by atoms with Crippen molar-refractivity contribution in [3.05, 3.63) is 87.7 Å². The molecular formula is C27H27ClFN7O. The van der Waals surface area contributed by atoms with Crippen LogP contribution in [0.1, 0.15) is 24.2 Å². The molecule has 1 aliphatic rings. The highest BCUT2D eigenvalue weighted by molar-refractivity contribution is 6.33. The molecule has 10 heteroatoms. The highest BCUT2D eigenvalue weighted by Crippen LogP contribution is 2.25. The Labute approximate surface area is 217 Å². The van der Waals surface area contributed by atoms with Gasteiger partial charge in [0.05, 0.1) is 11.0 Å². The lowest BCUT2D eigenvalue weighted by Gasteiger charge is -2.31. The lowest BCUT2D eigenvalue weighted by atomic mass is 9.93. The van der Waals surface area contributed by atoms with Gasteiger partial charge in [-0.05, 0) is 61.7 Å². The van der Waals surface area contributed by atoms with E-state index in [0.29, 0.717) is 30.2 Å². The van der Waals surface area contributed by atoms with Crippen LogP contribution >= 0.6 is 11.6 Å². The molecule has 5 aromatic rings. The number of nitrogens with zero attached hydrogens (tertiary/aromatic N) is 6. The first-order valence-corrected chi connectivity index (χ1v) is 12.9. The zero-order valence-electron chi connectivity index (χ0n) is 20.3. The Morgan fingerprint density at radius 2 is 1.78 bits per heavy atom. The van der Waals surface area contributed by atoms with Gasteiger partial charge in [0.1, 0.15) is 23.5 Å². The molecule has 4 heterocycles. The zero-order valence-corrected chi connectivity index (χ0v) is 21.0. The standard InChI is InChI=1S/C27H27ClFN7O/c28-25-24-26(31-17-30-25)35(27(37)33-24)14-13-34-11-9-18(10-12-34)15-23-32-21-3-1-2-4-22(21)36(23)16-19-5-7-20(29)8-6-19/h1-8,17-18H,9-16H2,(H,33,37). The third-order valence-electron chi connectivity index (χ3n) is 7.32. The highest BCUT2D eigenvalue weighted by Gasteiger charge is 2.23. The summed E-state index contributed by atoms with van der Waals surface area (Å²) in [6.07, 6.45) is 4.41. The molecule has 6 rings (SSSR count). The molecule has 190 valence electrons. The number of hydrogen-bond acceptors (Lipinski definition) is 5. The molecule has 0 aliphatic carbocycles. The molecular weight excluding hydrogens is 493 g/mol. The Kier molecular flexibility index (Phi) is 6.48. The minimum absolute atomic E-state index is 0.215. The molecule has 37 heavy (non-hydrogen) atoms. The number of benzene rings is 2. The molecule has 0 amide bonds. The van der Waals surface area contributed by atoms with Crippen molar-refractivity contribution in [2.45, 2.75) is 32.4 Å². The van der Waals surface area contributed by atoms with Gasteiger partial charge in [-0.3, -0.25) is 4.57 Å². The summed E-state index contributed by atoms with van der Waals surface area (Å²) in [5, 5.41) is 0.257. The summed E-state index contributed by atoms with van der Waals surface area (Å²) in [7, 11) is 0. The van der Waals surface area contributed by atoms with Gasteiger partial charge >= 0.3 is 5.69 Å². The molecule has 0 atom stereocenters. The number of rotatable bonds is 7. The summed E-state index contributed by atoms with van der Waals surface area (Å²) >= 11 is 6.10. The monoisotopic (exact) mass is 519 g/mol. The van der Waals surface area contributed by atoms with Gasteiger partial charge in [-0.25, -0.2) is 24.1 Å². The number of likely N-dealkylation sites (tertiary alicyclic amines) is 1. The molecule has 1 aliphatic heterocycles. The summed E-state index contributed by atoms with van der Waals surface area (Å²) in [4.78, 5) is 30.7. The minimum Gasteiger partial charge on any atom is -0.323 e. The largest absolute Gasteiger partial charge is 0.327 e. The summed E-state index contributed by atoms with van der Waals surface area (Å²) < 4.78 is 17.3. The Morgan fingerprint density at radius 1 is 1.00 bits per heavy atom. The smallest absolute Gasteiger partial charge is 0.323 e. The lowest BCUT2D eigenvalue weighted by Crippen LogP contribution is -2.37. The molecule has 3 aromatic heterocycles. The quantitative estimate of drug-likeness (QED) is 0.325. The average Bonchev–Trinajstić information content (AvgIpc) is 3.42. The van der Waals surface area contributed by atoms with Gasteiger partial charge in [-0.2, -0.15) is 0 Å². The highest BCUT2D eigenvalue weighted by atomic mass is 35.5. The molecule has 8 nitrogen and oxygen atoms in total. The molecule has 0 saturated carbocycles. The molecule has 0 unspecified atom stereocenters. The van der Waals surface area contributed by atoms with Crippen LogP contribution in [0.2, 0.25) is 5.15 Å². The molecule has 0 bridgehead atoms. The van der Waals surface area contributed by atoms with Crippen molar-refractivity contribution in [2.24, 2.45) is 5.92 Å². The van der Waals surface area contributed by atoms with Crippen molar-refractivity contribution in [1.29, 1.82) is 0 Å². The van der Waals surface area contributed by atoms with Gasteiger partial charge in [-0.15, -0.1) is 0 Å². The third-order valence-corrected chi connectivity index (χ3v) is 7.61. The van der Waals surface area contributed by atoms with E-state index in [9.17, 15) is 9.18 Å². The predicted molar refractivity (Wildman–Crippen MR) is 141 cm³/mol. The zero-order chi connectivity index (χ0) is 25.4. The molecule has 1 N–H and O–H groups in total. The van der Waals surface area contributed by atoms with Crippen molar-refractivity contribution in [2.75, 3.05) is 19.6 Å². The Balaban J connectivity index is 1.12. The SMILES string of the molecule is O=c1[nH]c2c(Cl)ncnc2n1CCN1CCC(Cc2nc3ccccc3n2Cc2ccc(F)cc2)CC1. The number of nitrogens with one attached hydrogen (secondary N) is 1. The first-order chi connectivity index (χ1) is 18.0. The van der Waals surface area contributed by atoms with Gasteiger partial charge in [0.25, 0.3) is 0 Å².